The fourth-order valence-corrected chi connectivity index (χ4v) is 3.28. The number of hydrogen-bond donors (Lipinski definition) is 1. The van der Waals surface area contributed by atoms with Crippen LogP contribution in [0.25, 0.3) is 0 Å². The van der Waals surface area contributed by atoms with Crippen molar-refractivity contribution < 1.29 is 22.3 Å². The Morgan fingerprint density at radius 2 is 1.92 bits per heavy atom. The van der Waals surface area contributed by atoms with E-state index in [-0.39, 0.29) is 11.5 Å². The Kier molecular flexibility index (Phi) is 6.05. The highest BCUT2D eigenvalue weighted by molar-refractivity contribution is 7.92. The van der Waals surface area contributed by atoms with Crippen molar-refractivity contribution >= 4 is 21.5 Å². The zero-order valence-electron chi connectivity index (χ0n) is 13.2. The average molecular weight is 351 g/mol. The van der Waals surface area contributed by atoms with E-state index in [9.17, 15) is 17.6 Å². The molecule has 0 aromatic heterocycles. The van der Waals surface area contributed by atoms with Crippen molar-refractivity contribution in [3.05, 3.63) is 59.9 Å². The number of carbonyl (C=O) groups excluding carboxylic acids is 1. The van der Waals surface area contributed by atoms with Gasteiger partial charge in [0.2, 0.25) is 0 Å². The van der Waals surface area contributed by atoms with Gasteiger partial charge in [0, 0.05) is 31.4 Å². The van der Waals surface area contributed by atoms with E-state index in [4.69, 9.17) is 4.74 Å². The van der Waals surface area contributed by atoms with Gasteiger partial charge in [0.05, 0.1) is 0 Å². The van der Waals surface area contributed by atoms with Crippen LogP contribution in [0.2, 0.25) is 0 Å². The number of benzene rings is 2. The third kappa shape index (κ3) is 4.62. The molecule has 2 rings (SSSR count). The standard InChI is InChI=1S/C17H18FNO4S/c1-23-11-5-9-16(20)13-6-4-7-14(12-13)19-24(21,22)17-10-3-2-8-15(17)18/h2-4,6-8,10,12,19H,5,9,11H2,1H3. The van der Waals surface area contributed by atoms with E-state index in [0.717, 1.165) is 6.07 Å². The second-order valence-corrected chi connectivity index (χ2v) is 6.79. The Balaban J connectivity index is 2.17. The summed E-state index contributed by atoms with van der Waals surface area (Å²) in [6.07, 6.45) is 0.887. The highest BCUT2D eigenvalue weighted by Gasteiger charge is 2.19. The number of ether oxygens (including phenoxy) is 1. The van der Waals surface area contributed by atoms with Crippen molar-refractivity contribution in [2.24, 2.45) is 0 Å². The SMILES string of the molecule is COCCCC(=O)c1cccc(NS(=O)(=O)c2ccccc2F)c1. The Bertz CT molecular complexity index is 821. The second kappa shape index (κ2) is 8.03. The van der Waals surface area contributed by atoms with E-state index >= 15 is 0 Å². The van der Waals surface area contributed by atoms with Crippen LogP contribution in [-0.2, 0) is 14.8 Å². The van der Waals surface area contributed by atoms with Crippen LogP contribution in [0.4, 0.5) is 10.1 Å². The van der Waals surface area contributed by atoms with E-state index in [0.29, 0.717) is 25.0 Å². The maximum atomic E-state index is 13.7. The molecule has 0 atom stereocenters. The molecule has 0 aliphatic carbocycles. The summed E-state index contributed by atoms with van der Waals surface area (Å²) in [4.78, 5) is 11.6. The molecule has 2 aromatic carbocycles. The van der Waals surface area contributed by atoms with E-state index < -0.39 is 20.7 Å². The van der Waals surface area contributed by atoms with Crippen molar-refractivity contribution in [1.29, 1.82) is 0 Å². The molecule has 7 heteroatoms. The number of anilines is 1. The first-order valence-electron chi connectivity index (χ1n) is 7.33. The molecule has 0 aliphatic heterocycles. The number of carbonyl (C=O) groups is 1. The van der Waals surface area contributed by atoms with Crippen molar-refractivity contribution in [3.8, 4) is 0 Å². The fourth-order valence-electron chi connectivity index (χ4n) is 2.15. The van der Waals surface area contributed by atoms with Gasteiger partial charge in [-0.2, -0.15) is 0 Å². The normalized spacial score (nSPS) is 11.2. The summed E-state index contributed by atoms with van der Waals surface area (Å²) in [5.41, 5.74) is 0.593. The lowest BCUT2D eigenvalue weighted by atomic mass is 10.1. The Labute approximate surface area is 140 Å². The molecule has 0 radical (unpaired) electrons. The third-order valence-corrected chi connectivity index (χ3v) is 4.73. The number of sulfonamides is 1. The van der Waals surface area contributed by atoms with E-state index in [1.807, 2.05) is 0 Å². The second-order valence-electron chi connectivity index (χ2n) is 5.14. The van der Waals surface area contributed by atoms with Gasteiger partial charge in [0.1, 0.15) is 10.7 Å². The molecule has 0 heterocycles. The number of methoxy groups -OCH3 is 1. The summed E-state index contributed by atoms with van der Waals surface area (Å²) >= 11 is 0. The van der Waals surface area contributed by atoms with Gasteiger partial charge in [-0.3, -0.25) is 9.52 Å². The first-order valence-corrected chi connectivity index (χ1v) is 8.82. The third-order valence-electron chi connectivity index (χ3n) is 3.32. The summed E-state index contributed by atoms with van der Waals surface area (Å²) in [6.45, 7) is 0.478. The lowest BCUT2D eigenvalue weighted by molar-refractivity contribution is 0.0963. The zero-order chi connectivity index (χ0) is 17.6. The summed E-state index contributed by atoms with van der Waals surface area (Å²) in [5.74, 6) is -0.948. The summed E-state index contributed by atoms with van der Waals surface area (Å²) in [5, 5.41) is 0. The molecule has 128 valence electrons. The minimum atomic E-state index is -4.06. The molecule has 0 bridgehead atoms. The van der Waals surface area contributed by atoms with Gasteiger partial charge < -0.3 is 4.74 Å². The predicted octanol–water partition coefficient (Wildman–Crippen LogP) is 3.24. The van der Waals surface area contributed by atoms with Gasteiger partial charge in [0.25, 0.3) is 10.0 Å². The molecular weight excluding hydrogens is 333 g/mol. The van der Waals surface area contributed by atoms with E-state index in [1.54, 1.807) is 19.2 Å². The smallest absolute Gasteiger partial charge is 0.264 e. The van der Waals surface area contributed by atoms with Gasteiger partial charge in [-0.1, -0.05) is 24.3 Å². The van der Waals surface area contributed by atoms with Crippen molar-refractivity contribution in [2.75, 3.05) is 18.4 Å². The molecule has 0 spiro atoms. The van der Waals surface area contributed by atoms with Crippen LogP contribution in [-0.4, -0.2) is 27.9 Å². The maximum Gasteiger partial charge on any atom is 0.264 e. The summed E-state index contributed by atoms with van der Waals surface area (Å²) in [7, 11) is -2.51. The van der Waals surface area contributed by atoms with Crippen LogP contribution in [0, 0.1) is 5.82 Å². The minimum absolute atomic E-state index is 0.112. The van der Waals surface area contributed by atoms with E-state index in [2.05, 4.69) is 4.72 Å². The van der Waals surface area contributed by atoms with Gasteiger partial charge >= 0.3 is 0 Å². The average Bonchev–Trinajstić information content (AvgIpc) is 2.55. The van der Waals surface area contributed by atoms with Crippen LogP contribution in [0.5, 0.6) is 0 Å². The summed E-state index contributed by atoms with van der Waals surface area (Å²) in [6, 6.07) is 11.2. The van der Waals surface area contributed by atoms with Gasteiger partial charge in [0.15, 0.2) is 5.78 Å². The van der Waals surface area contributed by atoms with Crippen LogP contribution in [0.1, 0.15) is 23.2 Å². The number of Topliss-reactive ketones (excluding diaryl/α,β-unsaturated/α-hetero) is 1. The molecule has 0 saturated carbocycles. The largest absolute Gasteiger partial charge is 0.385 e. The van der Waals surface area contributed by atoms with Crippen LogP contribution >= 0.6 is 0 Å². The first-order chi connectivity index (χ1) is 11.4. The molecule has 0 amide bonds. The molecule has 0 unspecified atom stereocenters. The maximum absolute atomic E-state index is 13.7. The number of halogens is 1. The molecule has 1 N–H and O–H groups in total. The topological polar surface area (TPSA) is 72.5 Å². The molecular formula is C17H18FNO4S. The Hall–Kier alpha value is -2.25. The lowest BCUT2D eigenvalue weighted by Crippen LogP contribution is -2.15. The number of hydrogen-bond acceptors (Lipinski definition) is 4. The van der Waals surface area contributed by atoms with Crippen LogP contribution in [0.3, 0.4) is 0 Å². The quantitative estimate of drug-likeness (QED) is 0.585. The fraction of sp³-hybridized carbons (Fsp3) is 0.235. The lowest BCUT2D eigenvalue weighted by Gasteiger charge is -2.10. The molecule has 5 nitrogen and oxygen atoms in total. The number of nitrogens with one attached hydrogen (secondary N) is 1. The monoisotopic (exact) mass is 351 g/mol. The highest BCUT2D eigenvalue weighted by Crippen LogP contribution is 2.20. The minimum Gasteiger partial charge on any atom is -0.385 e. The van der Waals surface area contributed by atoms with Gasteiger partial charge in [-0.15, -0.1) is 0 Å². The van der Waals surface area contributed by atoms with Gasteiger partial charge in [-0.25, -0.2) is 12.8 Å². The molecule has 0 saturated heterocycles. The molecule has 0 fully saturated rings. The summed E-state index contributed by atoms with van der Waals surface area (Å²) < 4.78 is 45.4. The zero-order valence-corrected chi connectivity index (χ0v) is 14.0. The van der Waals surface area contributed by atoms with Crippen LogP contribution in [0.15, 0.2) is 53.4 Å². The molecule has 2 aromatic rings. The first kappa shape index (κ1) is 18.1. The molecule has 0 aliphatic rings. The van der Waals surface area contributed by atoms with Crippen molar-refractivity contribution in [1.82, 2.24) is 0 Å². The highest BCUT2D eigenvalue weighted by atomic mass is 32.2. The number of rotatable bonds is 8. The number of ketones is 1. The van der Waals surface area contributed by atoms with Crippen LogP contribution < -0.4 is 4.72 Å². The van der Waals surface area contributed by atoms with E-state index in [1.165, 1.54) is 30.3 Å². The Morgan fingerprint density at radius 3 is 2.62 bits per heavy atom. The Morgan fingerprint density at radius 1 is 1.17 bits per heavy atom. The van der Waals surface area contributed by atoms with Crippen molar-refractivity contribution in [2.45, 2.75) is 17.7 Å². The molecule has 24 heavy (non-hydrogen) atoms. The predicted molar refractivity (Wildman–Crippen MR) is 89.1 cm³/mol. The van der Waals surface area contributed by atoms with Crippen molar-refractivity contribution in [3.63, 3.8) is 0 Å². The van der Waals surface area contributed by atoms with Gasteiger partial charge in [-0.05, 0) is 30.7 Å².